The Kier molecular flexibility index (Phi) is 2.81. The monoisotopic (exact) mass is 288 g/mol. The maximum atomic E-state index is 12.4. The van der Waals surface area contributed by atoms with E-state index in [1.807, 2.05) is 6.08 Å². The fourth-order valence-electron chi connectivity index (χ4n) is 6.33. The van der Waals surface area contributed by atoms with Crippen LogP contribution in [0, 0.1) is 28.6 Å². The van der Waals surface area contributed by atoms with Crippen molar-refractivity contribution in [3.63, 3.8) is 0 Å². The minimum atomic E-state index is -0.0246. The van der Waals surface area contributed by atoms with Gasteiger partial charge in [-0.3, -0.25) is 9.59 Å². The topological polar surface area (TPSA) is 34.1 Å². The van der Waals surface area contributed by atoms with Gasteiger partial charge in [-0.1, -0.05) is 19.4 Å². The van der Waals surface area contributed by atoms with Gasteiger partial charge in [0, 0.05) is 18.3 Å². The van der Waals surface area contributed by atoms with Crippen molar-refractivity contribution in [1.29, 1.82) is 0 Å². The van der Waals surface area contributed by atoms with Gasteiger partial charge in [0.25, 0.3) is 0 Å². The summed E-state index contributed by atoms with van der Waals surface area (Å²) in [6, 6.07) is 0. The number of hydrogen-bond donors (Lipinski definition) is 0. The molecule has 2 heteroatoms. The van der Waals surface area contributed by atoms with Crippen molar-refractivity contribution in [3.8, 4) is 0 Å². The minimum absolute atomic E-state index is 0.0246. The predicted octanol–water partition coefficient (Wildman–Crippen LogP) is 4.09. The molecule has 0 aromatic heterocycles. The Morgan fingerprint density at radius 2 is 1.67 bits per heavy atom. The lowest BCUT2D eigenvalue weighted by atomic mass is 9.48. The van der Waals surface area contributed by atoms with Crippen molar-refractivity contribution >= 4 is 11.6 Å². The van der Waals surface area contributed by atoms with Crippen LogP contribution in [-0.4, -0.2) is 11.6 Å². The number of hydrogen-bond acceptors (Lipinski definition) is 2. The second-order valence-corrected chi connectivity index (χ2v) is 8.39. The van der Waals surface area contributed by atoms with E-state index in [2.05, 4.69) is 13.8 Å². The molecule has 0 aromatic carbocycles. The normalized spacial score (nSPS) is 49.2. The lowest BCUT2D eigenvalue weighted by Gasteiger charge is -2.56. The van der Waals surface area contributed by atoms with Crippen molar-refractivity contribution in [2.75, 3.05) is 0 Å². The fraction of sp³-hybridized carbons (Fsp3) is 0.789. The van der Waals surface area contributed by atoms with Crippen LogP contribution < -0.4 is 0 Å². The molecule has 3 fully saturated rings. The molecule has 0 saturated heterocycles. The van der Waals surface area contributed by atoms with Gasteiger partial charge in [-0.25, -0.2) is 0 Å². The second-order valence-electron chi connectivity index (χ2n) is 8.39. The molecule has 4 aliphatic rings. The first-order valence-electron chi connectivity index (χ1n) is 8.72. The lowest BCUT2D eigenvalue weighted by Crippen LogP contribution is -2.50. The van der Waals surface area contributed by atoms with Crippen molar-refractivity contribution < 1.29 is 9.59 Å². The smallest absolute Gasteiger partial charge is 0.155 e. The van der Waals surface area contributed by atoms with Crippen LogP contribution in [0.5, 0.6) is 0 Å². The Bertz CT molecular complexity index is 546. The largest absolute Gasteiger partial charge is 0.299 e. The maximum absolute atomic E-state index is 12.4. The van der Waals surface area contributed by atoms with E-state index in [0.717, 1.165) is 38.5 Å². The number of carbonyl (C=O) groups is 2. The van der Waals surface area contributed by atoms with Gasteiger partial charge in [-0.05, 0) is 67.8 Å². The Morgan fingerprint density at radius 3 is 2.48 bits per heavy atom. The van der Waals surface area contributed by atoms with Crippen LogP contribution in [0.4, 0.5) is 0 Å². The van der Waals surface area contributed by atoms with Crippen LogP contribution in [0.3, 0.4) is 0 Å². The molecule has 3 saturated carbocycles. The quantitative estimate of drug-likeness (QED) is 0.673. The van der Waals surface area contributed by atoms with Crippen LogP contribution in [0.25, 0.3) is 0 Å². The molecule has 4 aliphatic carbocycles. The van der Waals surface area contributed by atoms with Crippen LogP contribution >= 0.6 is 0 Å². The van der Waals surface area contributed by atoms with Gasteiger partial charge < -0.3 is 0 Å². The molecule has 0 aromatic rings. The lowest BCUT2D eigenvalue weighted by molar-refractivity contribution is -0.132. The summed E-state index contributed by atoms with van der Waals surface area (Å²) >= 11 is 0. The van der Waals surface area contributed by atoms with Crippen molar-refractivity contribution in [2.45, 2.75) is 65.2 Å². The summed E-state index contributed by atoms with van der Waals surface area (Å²) in [7, 11) is 0. The standard InChI is InChI=1S/C19H26O2/c1-18-9-7-13(20)11-12(18)3-4-14-15-5-6-17(21)19(15,2)10-8-16(14)18/h11,14-16H,3-10H2,1-2H3/t14-,15-,16-,18-,19-/m0/s1/i11+2. The zero-order valence-electron chi connectivity index (χ0n) is 13.3. The molecular formula is C19H26O2. The maximum Gasteiger partial charge on any atom is 0.155 e. The minimum Gasteiger partial charge on any atom is -0.299 e. The first-order chi connectivity index (χ1) is 9.95. The second kappa shape index (κ2) is 4.30. The molecule has 0 heterocycles. The van der Waals surface area contributed by atoms with E-state index < -0.39 is 0 Å². The van der Waals surface area contributed by atoms with E-state index in [1.165, 1.54) is 18.4 Å². The average molecular weight is 288 g/mol. The van der Waals surface area contributed by atoms with Crippen molar-refractivity contribution in [3.05, 3.63) is 11.6 Å². The third-order valence-electron chi connectivity index (χ3n) is 7.67. The summed E-state index contributed by atoms with van der Waals surface area (Å²) in [6.45, 7) is 4.64. The first kappa shape index (κ1) is 13.7. The molecule has 0 aliphatic heterocycles. The molecule has 0 spiro atoms. The summed E-state index contributed by atoms with van der Waals surface area (Å²) in [5, 5.41) is 0. The van der Waals surface area contributed by atoms with Crippen LogP contribution in [0.1, 0.15) is 65.2 Å². The number of allylic oxidation sites excluding steroid dienone is 1. The van der Waals surface area contributed by atoms with Crippen molar-refractivity contribution in [2.24, 2.45) is 28.6 Å². The van der Waals surface area contributed by atoms with Gasteiger partial charge in [0.2, 0.25) is 0 Å². The van der Waals surface area contributed by atoms with E-state index in [-0.39, 0.29) is 10.8 Å². The van der Waals surface area contributed by atoms with Crippen LogP contribution in [-0.2, 0) is 9.59 Å². The molecule has 2 nitrogen and oxygen atoms in total. The molecular weight excluding hydrogens is 262 g/mol. The summed E-state index contributed by atoms with van der Waals surface area (Å²) in [6.07, 6.45) is 10.2. The molecule has 4 rings (SSSR count). The fourth-order valence-corrected chi connectivity index (χ4v) is 6.33. The first-order valence-corrected chi connectivity index (χ1v) is 8.72. The number of fused-ring (bicyclic) bond motifs is 5. The van der Waals surface area contributed by atoms with Gasteiger partial charge in [-0.15, -0.1) is 0 Å². The molecule has 5 atom stereocenters. The summed E-state index contributed by atoms with van der Waals surface area (Å²) in [4.78, 5) is 24.1. The Morgan fingerprint density at radius 1 is 0.905 bits per heavy atom. The van der Waals surface area contributed by atoms with Crippen LogP contribution in [0.15, 0.2) is 11.6 Å². The molecule has 21 heavy (non-hydrogen) atoms. The highest BCUT2D eigenvalue weighted by Crippen LogP contribution is 2.64. The van der Waals surface area contributed by atoms with Crippen LogP contribution in [0.2, 0.25) is 0 Å². The Labute approximate surface area is 127 Å². The zero-order chi connectivity index (χ0) is 14.8. The third-order valence-corrected chi connectivity index (χ3v) is 7.67. The number of Topliss-reactive ketones (excluding diaryl/α,β-unsaturated/α-hetero) is 1. The van der Waals surface area contributed by atoms with Gasteiger partial charge in [0.05, 0.1) is 0 Å². The zero-order valence-corrected chi connectivity index (χ0v) is 13.3. The van der Waals surface area contributed by atoms with E-state index in [4.69, 9.17) is 0 Å². The number of rotatable bonds is 0. The average Bonchev–Trinajstić information content (AvgIpc) is 2.76. The molecule has 114 valence electrons. The molecule has 0 unspecified atom stereocenters. The molecule has 0 N–H and O–H groups in total. The van der Waals surface area contributed by atoms with Crippen molar-refractivity contribution in [1.82, 2.24) is 0 Å². The van der Waals surface area contributed by atoms with Gasteiger partial charge in [0.1, 0.15) is 5.78 Å². The molecule has 0 bridgehead atoms. The van der Waals surface area contributed by atoms with Gasteiger partial charge >= 0.3 is 0 Å². The van der Waals surface area contributed by atoms with Gasteiger partial charge in [-0.2, -0.15) is 0 Å². The molecule has 0 amide bonds. The summed E-state index contributed by atoms with van der Waals surface area (Å²) in [5.74, 6) is 2.88. The van der Waals surface area contributed by atoms with E-state index in [9.17, 15) is 9.59 Å². The van der Waals surface area contributed by atoms with E-state index in [1.54, 1.807) is 0 Å². The summed E-state index contributed by atoms with van der Waals surface area (Å²) in [5.41, 5.74) is 1.64. The Balaban J connectivity index is 1.70. The highest BCUT2D eigenvalue weighted by atomic mass is 16.1. The van der Waals surface area contributed by atoms with E-state index >= 15 is 0 Å². The van der Waals surface area contributed by atoms with E-state index in [0.29, 0.717) is 29.3 Å². The number of carbonyl (C=O) groups excluding carboxylic acids is 2. The predicted molar refractivity (Wildman–Crippen MR) is 81.7 cm³/mol. The highest BCUT2D eigenvalue weighted by molar-refractivity contribution is 5.91. The Hall–Kier alpha value is -0.920. The third kappa shape index (κ3) is 1.71. The highest BCUT2D eigenvalue weighted by Gasteiger charge is 2.58. The summed E-state index contributed by atoms with van der Waals surface area (Å²) < 4.78 is 0. The molecule has 0 radical (unpaired) electrons. The SMILES string of the molecule is C[C@]12CCC(=O)[14CH]=C1CC[C@@H]1[C@@H]2CC[C@]2(C)C(=O)CC[C@@H]12. The number of ketones is 2. The van der Waals surface area contributed by atoms with Gasteiger partial charge in [0.15, 0.2) is 5.78 Å².